The number of aromatic nitrogens is 2. The molecule has 3 heterocycles. The lowest BCUT2D eigenvalue weighted by Gasteiger charge is -2.36. The summed E-state index contributed by atoms with van der Waals surface area (Å²) in [6, 6.07) is 15.3. The Morgan fingerprint density at radius 1 is 1.09 bits per heavy atom. The average Bonchev–Trinajstić information content (AvgIpc) is 3.19. The maximum Gasteiger partial charge on any atom is 0.254 e. The van der Waals surface area contributed by atoms with E-state index in [1.54, 1.807) is 18.2 Å². The Bertz CT molecular complexity index is 1230. The van der Waals surface area contributed by atoms with Gasteiger partial charge in [-0.15, -0.1) is 0 Å². The molecule has 0 atom stereocenters. The second kappa shape index (κ2) is 9.21. The number of nitrogens with one attached hydrogen (secondary N) is 1. The second-order valence-corrected chi connectivity index (χ2v) is 8.78. The van der Waals surface area contributed by atoms with Crippen molar-refractivity contribution in [2.45, 2.75) is 26.3 Å². The largest absolute Gasteiger partial charge is 0.507 e. The van der Waals surface area contributed by atoms with Gasteiger partial charge in [0.15, 0.2) is 0 Å². The lowest BCUT2D eigenvalue weighted by molar-refractivity contribution is 0.0746. The maximum atomic E-state index is 13.3. The summed E-state index contributed by atoms with van der Waals surface area (Å²) in [4.78, 5) is 22.3. The van der Waals surface area contributed by atoms with Crippen LogP contribution in [0.5, 0.6) is 5.75 Å². The molecule has 0 saturated carbocycles. The first-order valence-corrected chi connectivity index (χ1v) is 11.8. The number of carbonyl (C=O) groups excluding carboxylic acids is 1. The molecule has 2 N–H and O–H groups in total. The number of aryl methyl sites for hydroxylation is 2. The van der Waals surface area contributed by atoms with Gasteiger partial charge in [-0.1, -0.05) is 31.5 Å². The van der Waals surface area contributed by atoms with E-state index >= 15 is 0 Å². The normalized spacial score (nSPS) is 15.5. The zero-order valence-electron chi connectivity index (χ0n) is 19.7. The molecule has 2 aliphatic heterocycles. The van der Waals surface area contributed by atoms with Gasteiger partial charge in [-0.05, 0) is 36.8 Å². The molecular weight excluding hydrogens is 428 g/mol. The van der Waals surface area contributed by atoms with Gasteiger partial charge in [0.25, 0.3) is 5.91 Å². The number of hydrogen-bond acceptors (Lipinski definition) is 6. The number of para-hydroxylation sites is 1. The fourth-order valence-electron chi connectivity index (χ4n) is 4.66. The predicted molar refractivity (Wildman–Crippen MR) is 133 cm³/mol. The SMILES string of the molecule is CCCc1nn(C)c2c1N=C(c1cc(C(=O)N3CCN(c4ccccc4)CC3)ccc1O)NC2. The Hall–Kier alpha value is -3.81. The zero-order valence-corrected chi connectivity index (χ0v) is 19.7. The van der Waals surface area contributed by atoms with E-state index in [1.165, 1.54) is 5.69 Å². The van der Waals surface area contributed by atoms with Crippen molar-refractivity contribution >= 4 is 23.1 Å². The van der Waals surface area contributed by atoms with Crippen LogP contribution < -0.4 is 10.2 Å². The minimum atomic E-state index is -0.0286. The fourth-order valence-corrected chi connectivity index (χ4v) is 4.66. The molecule has 0 aliphatic carbocycles. The molecule has 5 rings (SSSR count). The Morgan fingerprint density at radius 2 is 1.85 bits per heavy atom. The number of anilines is 1. The van der Waals surface area contributed by atoms with Crippen molar-refractivity contribution in [3.63, 3.8) is 0 Å². The first-order chi connectivity index (χ1) is 16.5. The van der Waals surface area contributed by atoms with Gasteiger partial charge >= 0.3 is 0 Å². The Labute approximate surface area is 199 Å². The first kappa shape index (κ1) is 22.0. The molecule has 8 nitrogen and oxygen atoms in total. The zero-order chi connectivity index (χ0) is 23.7. The van der Waals surface area contributed by atoms with Crippen molar-refractivity contribution < 1.29 is 9.90 Å². The smallest absolute Gasteiger partial charge is 0.254 e. The molecule has 3 aromatic rings. The highest BCUT2D eigenvalue weighted by Crippen LogP contribution is 2.30. The van der Waals surface area contributed by atoms with E-state index in [0.717, 1.165) is 43.0 Å². The molecule has 176 valence electrons. The van der Waals surface area contributed by atoms with Gasteiger partial charge in [-0.25, -0.2) is 4.99 Å². The number of amidine groups is 1. The number of carbonyl (C=O) groups is 1. The number of phenols is 1. The van der Waals surface area contributed by atoms with Crippen LogP contribution in [0.3, 0.4) is 0 Å². The van der Waals surface area contributed by atoms with Crippen molar-refractivity contribution in [3.05, 3.63) is 71.0 Å². The molecule has 1 amide bonds. The maximum absolute atomic E-state index is 13.3. The molecule has 1 fully saturated rings. The van der Waals surface area contributed by atoms with E-state index in [1.807, 2.05) is 34.8 Å². The summed E-state index contributed by atoms with van der Waals surface area (Å²) in [5, 5.41) is 18.5. The van der Waals surface area contributed by atoms with Crippen molar-refractivity contribution in [2.24, 2.45) is 12.0 Å². The molecule has 0 radical (unpaired) electrons. The van der Waals surface area contributed by atoms with E-state index in [2.05, 4.69) is 34.4 Å². The number of piperazine rings is 1. The Morgan fingerprint density at radius 3 is 2.59 bits per heavy atom. The van der Waals surface area contributed by atoms with Gasteiger partial charge in [-0.3, -0.25) is 9.48 Å². The van der Waals surface area contributed by atoms with Gasteiger partial charge in [0.2, 0.25) is 0 Å². The highest BCUT2D eigenvalue weighted by Gasteiger charge is 2.25. The fraction of sp³-hybridized carbons (Fsp3) is 0.346. The average molecular weight is 459 g/mol. The van der Waals surface area contributed by atoms with E-state index in [0.29, 0.717) is 36.6 Å². The molecule has 2 aliphatic rings. The Kier molecular flexibility index (Phi) is 5.96. The first-order valence-electron chi connectivity index (χ1n) is 11.8. The van der Waals surface area contributed by atoms with Crippen molar-refractivity contribution in [3.8, 4) is 5.75 Å². The van der Waals surface area contributed by atoms with Crippen LogP contribution in [0.4, 0.5) is 11.4 Å². The number of hydrogen-bond donors (Lipinski definition) is 2. The third-order valence-corrected chi connectivity index (χ3v) is 6.53. The number of fused-ring (bicyclic) bond motifs is 1. The number of nitrogens with zero attached hydrogens (tertiary/aromatic N) is 5. The molecule has 0 spiro atoms. The van der Waals surface area contributed by atoms with Gasteiger partial charge in [0.1, 0.15) is 17.3 Å². The summed E-state index contributed by atoms with van der Waals surface area (Å²) in [6.07, 6.45) is 1.83. The van der Waals surface area contributed by atoms with Crippen LogP contribution in [0.2, 0.25) is 0 Å². The number of aromatic hydroxyl groups is 1. The van der Waals surface area contributed by atoms with Gasteiger partial charge in [-0.2, -0.15) is 5.10 Å². The van der Waals surface area contributed by atoms with Crippen LogP contribution in [0.1, 0.15) is 40.7 Å². The van der Waals surface area contributed by atoms with Gasteiger partial charge in [0.05, 0.1) is 23.5 Å². The third kappa shape index (κ3) is 4.11. The summed E-state index contributed by atoms with van der Waals surface area (Å²) in [5.74, 6) is 0.638. The van der Waals surface area contributed by atoms with E-state index < -0.39 is 0 Å². The minimum Gasteiger partial charge on any atom is -0.507 e. The number of amides is 1. The van der Waals surface area contributed by atoms with Crippen LogP contribution >= 0.6 is 0 Å². The van der Waals surface area contributed by atoms with E-state index in [9.17, 15) is 9.90 Å². The third-order valence-electron chi connectivity index (χ3n) is 6.53. The molecule has 1 aromatic heterocycles. The summed E-state index contributed by atoms with van der Waals surface area (Å²) in [7, 11) is 1.93. The van der Waals surface area contributed by atoms with Gasteiger partial charge < -0.3 is 20.2 Å². The molecule has 0 bridgehead atoms. The lowest BCUT2D eigenvalue weighted by Crippen LogP contribution is -2.48. The van der Waals surface area contributed by atoms with E-state index in [4.69, 9.17) is 4.99 Å². The highest BCUT2D eigenvalue weighted by molar-refractivity contribution is 6.06. The molecule has 34 heavy (non-hydrogen) atoms. The van der Waals surface area contributed by atoms with Crippen molar-refractivity contribution in [1.29, 1.82) is 0 Å². The number of phenolic OH excluding ortho intramolecular Hbond substituents is 1. The summed E-state index contributed by atoms with van der Waals surface area (Å²) < 4.78 is 1.86. The highest BCUT2D eigenvalue weighted by atomic mass is 16.3. The summed E-state index contributed by atoms with van der Waals surface area (Å²) in [6.45, 7) is 5.58. The Balaban J connectivity index is 1.36. The van der Waals surface area contributed by atoms with Crippen LogP contribution in [-0.4, -0.2) is 57.7 Å². The van der Waals surface area contributed by atoms with Crippen molar-refractivity contribution in [2.75, 3.05) is 31.1 Å². The van der Waals surface area contributed by atoms with Crippen LogP contribution in [0.15, 0.2) is 53.5 Å². The number of aliphatic imine (C=N–C) groups is 1. The number of benzene rings is 2. The second-order valence-electron chi connectivity index (χ2n) is 8.78. The summed E-state index contributed by atoms with van der Waals surface area (Å²) in [5.41, 5.74) is 5.12. The molecule has 8 heteroatoms. The monoisotopic (exact) mass is 458 g/mol. The van der Waals surface area contributed by atoms with Crippen LogP contribution in [0.25, 0.3) is 0 Å². The number of rotatable bonds is 5. The molecule has 1 saturated heterocycles. The summed E-state index contributed by atoms with van der Waals surface area (Å²) >= 11 is 0. The van der Waals surface area contributed by atoms with Crippen LogP contribution in [-0.2, 0) is 20.0 Å². The van der Waals surface area contributed by atoms with E-state index in [-0.39, 0.29) is 11.7 Å². The standard InChI is InChI=1S/C26H30N6O2/c1-3-7-21-24-22(30(2)29-21)17-27-25(28-24)20-16-18(10-11-23(20)33)26(34)32-14-12-31(13-15-32)19-8-5-4-6-9-19/h4-6,8-11,16,33H,3,7,12-15,17H2,1-2H3,(H,27,28). The predicted octanol–water partition coefficient (Wildman–Crippen LogP) is 3.22. The minimum absolute atomic E-state index is 0.0286. The van der Waals surface area contributed by atoms with Gasteiger partial charge in [0, 0.05) is 44.5 Å². The molecular formula is C26H30N6O2. The lowest BCUT2D eigenvalue weighted by atomic mass is 10.1. The molecule has 0 unspecified atom stereocenters. The topological polar surface area (TPSA) is 86.0 Å². The quantitative estimate of drug-likeness (QED) is 0.613. The van der Waals surface area contributed by atoms with Crippen LogP contribution in [0, 0.1) is 0 Å². The van der Waals surface area contributed by atoms with Crippen molar-refractivity contribution in [1.82, 2.24) is 20.0 Å². The molecule has 2 aromatic carbocycles.